The molecule has 1 unspecified atom stereocenters. The second-order valence-electron chi connectivity index (χ2n) is 7.33. The van der Waals surface area contributed by atoms with Gasteiger partial charge in [0.15, 0.2) is 17.7 Å². The minimum absolute atomic E-state index is 0.258. The Labute approximate surface area is 201 Å². The number of hydrogen-bond donors (Lipinski definition) is 5. The van der Waals surface area contributed by atoms with E-state index in [4.69, 9.17) is 20.4 Å². The molecule has 1 atom stereocenters. The molecule has 2 aliphatic heterocycles. The van der Waals surface area contributed by atoms with Crippen LogP contribution < -0.4 is 11.1 Å². The highest BCUT2D eigenvalue weighted by atomic mass is 32.1. The number of carbonyl (C=O) groups excluding carboxylic acids is 1. The van der Waals surface area contributed by atoms with Crippen LogP contribution in [0.2, 0.25) is 0 Å². The fourth-order valence-electron chi connectivity index (χ4n) is 3.42. The monoisotopic (exact) mass is 480 g/mol. The second-order valence-corrected chi connectivity index (χ2v) is 7.53. The van der Waals surface area contributed by atoms with Gasteiger partial charge in [0.2, 0.25) is 0 Å². The lowest BCUT2D eigenvalue weighted by Gasteiger charge is -2.28. The van der Waals surface area contributed by atoms with Gasteiger partial charge in [-0.3, -0.25) is 15.2 Å². The molecule has 3 heterocycles. The highest BCUT2D eigenvalue weighted by Crippen LogP contribution is 2.23. The fourth-order valence-corrected chi connectivity index (χ4v) is 3.60. The molecule has 1 amide bonds. The summed E-state index contributed by atoms with van der Waals surface area (Å²) in [5.41, 5.74) is 9.43. The Morgan fingerprint density at radius 3 is 2.47 bits per heavy atom. The molecule has 5 N–H and O–H groups in total. The van der Waals surface area contributed by atoms with Crippen LogP contribution in [0.25, 0.3) is 0 Å². The number of morpholine rings is 1. The number of H-pyrrole nitrogens is 1. The molecule has 0 saturated carbocycles. The second kappa shape index (κ2) is 10.9. The number of nitrogens with two attached hydrogens (primary N) is 1. The predicted octanol–water partition coefficient (Wildman–Crippen LogP) is 1.71. The molecule has 0 spiro atoms. The number of hydrogen-bond acceptors (Lipinski definition) is 9. The van der Waals surface area contributed by atoms with Gasteiger partial charge in [-0.2, -0.15) is 0 Å². The van der Waals surface area contributed by atoms with Crippen molar-refractivity contribution >= 4 is 41.7 Å². The van der Waals surface area contributed by atoms with Gasteiger partial charge >= 0.3 is 0 Å². The quantitative estimate of drug-likeness (QED) is 0.218. The summed E-state index contributed by atoms with van der Waals surface area (Å²) in [5, 5.41) is 16.7. The van der Waals surface area contributed by atoms with E-state index in [9.17, 15) is 4.79 Å². The largest absolute Gasteiger partial charge is 0.378 e. The number of nitrogens with one attached hydrogen (secondary N) is 3. The summed E-state index contributed by atoms with van der Waals surface area (Å²) in [5.74, 6) is 0.258. The normalized spacial score (nSPS) is 18.1. The molecule has 2 aromatic carbocycles. The molecule has 1 fully saturated rings. The lowest BCUT2D eigenvalue weighted by Crippen LogP contribution is -2.44. The van der Waals surface area contributed by atoms with Crippen molar-refractivity contribution in [3.8, 4) is 0 Å². The number of amidine groups is 1. The maximum Gasteiger partial charge on any atom is 0.297 e. The SMILES string of the molecule is N=C(/C(=N\S)c1n[nH]o1)N1CCOCC1.NC1N=C(c2ccccc2)c2ccccc2NC1=O. The predicted molar refractivity (Wildman–Crippen MR) is 132 cm³/mol. The molecule has 0 aliphatic carbocycles. The van der Waals surface area contributed by atoms with Crippen LogP contribution in [-0.4, -0.2) is 70.9 Å². The number of fused-ring (bicyclic) bond motifs is 1. The smallest absolute Gasteiger partial charge is 0.297 e. The first kappa shape index (κ1) is 23.4. The number of anilines is 1. The number of ether oxygens (including phenoxy) is 1. The summed E-state index contributed by atoms with van der Waals surface area (Å²) in [6.07, 6.45) is -0.886. The Hall–Kier alpha value is -3.74. The van der Waals surface area contributed by atoms with E-state index in [1.54, 1.807) is 0 Å². The third-order valence-corrected chi connectivity index (χ3v) is 5.37. The molecule has 3 aromatic rings. The first-order valence-corrected chi connectivity index (χ1v) is 10.9. The van der Waals surface area contributed by atoms with Gasteiger partial charge in [0.05, 0.1) is 24.6 Å². The number of aliphatic imine (C=N–C) groups is 1. The van der Waals surface area contributed by atoms with Crippen LogP contribution in [0.3, 0.4) is 0 Å². The van der Waals surface area contributed by atoms with Gasteiger partial charge in [0, 0.05) is 24.2 Å². The van der Waals surface area contributed by atoms with Gasteiger partial charge in [-0.25, -0.2) is 4.40 Å². The van der Waals surface area contributed by atoms with Gasteiger partial charge in [-0.1, -0.05) is 48.5 Å². The summed E-state index contributed by atoms with van der Waals surface area (Å²) in [4.78, 5) is 18.0. The van der Waals surface area contributed by atoms with Gasteiger partial charge in [0.1, 0.15) is 0 Å². The topological polar surface area (TPSA) is 158 Å². The van der Waals surface area contributed by atoms with E-state index in [-0.39, 0.29) is 11.7 Å². The zero-order valence-corrected chi connectivity index (χ0v) is 19.0. The Morgan fingerprint density at radius 2 is 1.82 bits per heavy atom. The van der Waals surface area contributed by atoms with E-state index < -0.39 is 6.17 Å². The van der Waals surface area contributed by atoms with Gasteiger partial charge in [-0.15, -0.1) is 10.4 Å². The molecule has 0 bridgehead atoms. The molecule has 2 aliphatic rings. The summed E-state index contributed by atoms with van der Waals surface area (Å²) >= 11 is 3.80. The maximum absolute atomic E-state index is 11.8. The van der Waals surface area contributed by atoms with Crippen molar-refractivity contribution in [1.29, 1.82) is 5.41 Å². The van der Waals surface area contributed by atoms with Crippen molar-refractivity contribution < 1.29 is 14.1 Å². The highest BCUT2D eigenvalue weighted by Gasteiger charge is 2.24. The molecule has 1 aromatic heterocycles. The van der Waals surface area contributed by atoms with Crippen molar-refractivity contribution in [2.75, 3.05) is 31.6 Å². The standard InChI is InChI=1S/C15H13N3O.C7H11N5O2S/c16-14-15(19)17-12-9-5-4-8-11(12)13(18-14)10-6-2-1-3-7-10;8-6(12-1-3-13-4-2-12)5(10-15)7-9-11-14-7/h1-9,14H,16H2,(H,17,19);8,11,15H,1-4H2/b;8-6?,10-5+. The lowest BCUT2D eigenvalue weighted by atomic mass is 10.0. The average Bonchev–Trinajstić information content (AvgIpc) is 2.98. The minimum atomic E-state index is -0.886. The summed E-state index contributed by atoms with van der Waals surface area (Å²) in [7, 11) is 0. The first-order valence-electron chi connectivity index (χ1n) is 10.5. The number of nitrogens with zero attached hydrogens (tertiary/aromatic N) is 4. The summed E-state index contributed by atoms with van der Waals surface area (Å²) in [6, 6.07) is 17.3. The van der Waals surface area contributed by atoms with E-state index in [0.29, 0.717) is 37.9 Å². The number of rotatable bonds is 3. The number of benzodiazepines with no additional fused rings is 1. The number of benzene rings is 2. The van der Waals surface area contributed by atoms with Gasteiger partial charge < -0.3 is 25.2 Å². The molecule has 12 heteroatoms. The van der Waals surface area contributed by atoms with Crippen LogP contribution in [0.15, 0.2) is 68.5 Å². The molecule has 0 radical (unpaired) electrons. The average molecular weight is 481 g/mol. The third kappa shape index (κ3) is 5.25. The van der Waals surface area contributed by atoms with Crippen molar-refractivity contribution in [3.05, 3.63) is 71.6 Å². The lowest BCUT2D eigenvalue weighted by molar-refractivity contribution is -0.117. The van der Waals surface area contributed by atoms with Gasteiger partial charge in [0.25, 0.3) is 11.8 Å². The van der Waals surface area contributed by atoms with Crippen molar-refractivity contribution in [3.63, 3.8) is 0 Å². The molecule has 11 nitrogen and oxygen atoms in total. The molecule has 34 heavy (non-hydrogen) atoms. The highest BCUT2D eigenvalue weighted by molar-refractivity contribution is 7.79. The zero-order valence-electron chi connectivity index (χ0n) is 18.1. The van der Waals surface area contributed by atoms with E-state index in [2.05, 4.69) is 37.9 Å². The zero-order chi connectivity index (χ0) is 23.9. The van der Waals surface area contributed by atoms with Gasteiger partial charge in [-0.05, 0) is 18.9 Å². The minimum Gasteiger partial charge on any atom is -0.378 e. The number of aromatic nitrogens is 2. The Bertz CT molecular complexity index is 1190. The van der Waals surface area contributed by atoms with Crippen molar-refractivity contribution in [2.45, 2.75) is 6.17 Å². The fraction of sp³-hybridized carbons (Fsp3) is 0.227. The van der Waals surface area contributed by atoms with Crippen LogP contribution in [0, 0.1) is 5.41 Å². The van der Waals surface area contributed by atoms with E-state index in [1.165, 1.54) is 0 Å². The molecule has 5 rings (SSSR count). The van der Waals surface area contributed by atoms with Crippen molar-refractivity contribution in [1.82, 2.24) is 15.3 Å². The number of para-hydroxylation sites is 1. The number of thiol groups is 1. The Balaban J connectivity index is 0.000000166. The molecular formula is C22H24N8O3S. The molecule has 1 saturated heterocycles. The Morgan fingerprint density at radius 1 is 1.15 bits per heavy atom. The number of carbonyl (C=O) groups is 1. The molecule has 176 valence electrons. The maximum atomic E-state index is 11.8. The third-order valence-electron chi connectivity index (χ3n) is 5.17. The number of aromatic amines is 1. The first-order chi connectivity index (χ1) is 16.6. The molecular weight excluding hydrogens is 456 g/mol. The van der Waals surface area contributed by atoms with Crippen LogP contribution >= 0.6 is 12.8 Å². The van der Waals surface area contributed by atoms with Crippen molar-refractivity contribution in [2.24, 2.45) is 15.1 Å². The van der Waals surface area contributed by atoms with E-state index in [0.717, 1.165) is 22.5 Å². The summed E-state index contributed by atoms with van der Waals surface area (Å²) < 4.78 is 13.7. The van der Waals surface area contributed by atoms with Crippen LogP contribution in [0.5, 0.6) is 0 Å². The number of amides is 1. The van der Waals surface area contributed by atoms with E-state index in [1.807, 2.05) is 59.5 Å². The Kier molecular flexibility index (Phi) is 7.52. The van der Waals surface area contributed by atoms with Crippen LogP contribution in [-0.2, 0) is 9.53 Å². The van der Waals surface area contributed by atoms with Crippen LogP contribution in [0.1, 0.15) is 17.0 Å². The van der Waals surface area contributed by atoms with Crippen LogP contribution in [0.4, 0.5) is 5.69 Å². The summed E-state index contributed by atoms with van der Waals surface area (Å²) in [6.45, 7) is 2.58. The van der Waals surface area contributed by atoms with E-state index >= 15 is 0 Å².